The van der Waals surface area contributed by atoms with Crippen molar-refractivity contribution in [3.05, 3.63) is 70.8 Å². The Bertz CT molecular complexity index is 861. The number of rotatable bonds is 6. The summed E-state index contributed by atoms with van der Waals surface area (Å²) in [5, 5.41) is 9.30. The number of hydrogen-bond donors (Lipinski definition) is 0. The van der Waals surface area contributed by atoms with Gasteiger partial charge in [0.25, 0.3) is 0 Å². The average Bonchev–Trinajstić information content (AvgIpc) is 2.94. The fourth-order valence-corrected chi connectivity index (χ4v) is 4.27. The van der Waals surface area contributed by atoms with Gasteiger partial charge in [0, 0.05) is 0 Å². The molecule has 2 aromatic carbocycles. The van der Waals surface area contributed by atoms with Crippen LogP contribution in [0.1, 0.15) is 42.0 Å². The van der Waals surface area contributed by atoms with Gasteiger partial charge in [-0.2, -0.15) is 5.10 Å². The SMILES string of the molecule is CCC[C@@H]1S/C(=N/N=C\c2ccc(C)cc2C)N(Cc2ccccc2)C1=O. The highest BCUT2D eigenvalue weighted by atomic mass is 32.2. The summed E-state index contributed by atoms with van der Waals surface area (Å²) in [6.45, 7) is 6.77. The maximum atomic E-state index is 12.8. The fourth-order valence-electron chi connectivity index (χ4n) is 3.05. The highest BCUT2D eigenvalue weighted by Gasteiger charge is 2.37. The van der Waals surface area contributed by atoms with Crippen molar-refractivity contribution in [1.82, 2.24) is 4.90 Å². The summed E-state index contributed by atoms with van der Waals surface area (Å²) in [5.74, 6) is 0.131. The Morgan fingerprint density at radius 3 is 2.63 bits per heavy atom. The van der Waals surface area contributed by atoms with Gasteiger partial charge >= 0.3 is 0 Å². The van der Waals surface area contributed by atoms with Crippen LogP contribution in [-0.2, 0) is 11.3 Å². The van der Waals surface area contributed by atoms with Gasteiger partial charge in [-0.1, -0.05) is 79.2 Å². The van der Waals surface area contributed by atoms with E-state index in [4.69, 9.17) is 0 Å². The molecule has 140 valence electrons. The Kier molecular flexibility index (Phi) is 6.45. The Morgan fingerprint density at radius 1 is 1.15 bits per heavy atom. The van der Waals surface area contributed by atoms with E-state index in [-0.39, 0.29) is 11.2 Å². The fraction of sp³-hybridized carbons (Fsp3) is 0.318. The van der Waals surface area contributed by atoms with E-state index in [9.17, 15) is 4.79 Å². The van der Waals surface area contributed by atoms with Gasteiger partial charge in [0.05, 0.1) is 18.0 Å². The first-order valence-corrected chi connectivity index (χ1v) is 10.2. The van der Waals surface area contributed by atoms with Crippen LogP contribution in [0.3, 0.4) is 0 Å². The largest absolute Gasteiger partial charge is 0.284 e. The third-order valence-corrected chi connectivity index (χ3v) is 5.75. The molecule has 27 heavy (non-hydrogen) atoms. The third-order valence-electron chi connectivity index (χ3n) is 4.52. The van der Waals surface area contributed by atoms with E-state index in [1.165, 1.54) is 22.9 Å². The lowest BCUT2D eigenvalue weighted by molar-refractivity contribution is -0.126. The van der Waals surface area contributed by atoms with Gasteiger partial charge in [-0.3, -0.25) is 9.69 Å². The smallest absolute Gasteiger partial charge is 0.242 e. The molecule has 0 aromatic heterocycles. The number of amides is 1. The molecule has 1 aliphatic heterocycles. The molecular weight excluding hydrogens is 354 g/mol. The van der Waals surface area contributed by atoms with Crippen LogP contribution >= 0.6 is 11.8 Å². The van der Waals surface area contributed by atoms with E-state index in [0.717, 1.165) is 24.0 Å². The van der Waals surface area contributed by atoms with Crippen molar-refractivity contribution < 1.29 is 4.79 Å². The maximum Gasteiger partial charge on any atom is 0.242 e. The van der Waals surface area contributed by atoms with E-state index >= 15 is 0 Å². The molecular formula is C22H25N3OS. The molecule has 4 nitrogen and oxygen atoms in total. The quantitative estimate of drug-likeness (QED) is 0.527. The summed E-state index contributed by atoms with van der Waals surface area (Å²) >= 11 is 1.53. The van der Waals surface area contributed by atoms with Gasteiger partial charge in [0.2, 0.25) is 5.91 Å². The lowest BCUT2D eigenvalue weighted by Crippen LogP contribution is -2.31. The molecule has 0 saturated carbocycles. The molecule has 3 rings (SSSR count). The summed E-state index contributed by atoms with van der Waals surface area (Å²) in [5.41, 5.74) is 4.53. The summed E-state index contributed by atoms with van der Waals surface area (Å²) in [6, 6.07) is 16.2. The number of thioether (sulfide) groups is 1. The molecule has 1 amide bonds. The molecule has 1 heterocycles. The van der Waals surface area contributed by atoms with Crippen LogP contribution in [0.25, 0.3) is 0 Å². The Balaban J connectivity index is 1.82. The highest BCUT2D eigenvalue weighted by Crippen LogP contribution is 2.31. The standard InChI is InChI=1S/C22H25N3OS/c1-4-8-20-21(26)25(15-18-9-6-5-7-10-18)22(27-20)24-23-14-19-12-11-16(2)13-17(19)3/h5-7,9-14,20H,4,8,15H2,1-3H3/b23-14-,24-22+/t20-/m0/s1. The van der Waals surface area contributed by atoms with Crippen molar-refractivity contribution in [3.8, 4) is 0 Å². The zero-order valence-electron chi connectivity index (χ0n) is 16.1. The Labute approximate surface area is 165 Å². The second kappa shape index (κ2) is 9.00. The lowest BCUT2D eigenvalue weighted by atomic mass is 10.1. The molecule has 0 radical (unpaired) electrons. The van der Waals surface area contributed by atoms with E-state index in [2.05, 4.69) is 43.1 Å². The molecule has 1 fully saturated rings. The van der Waals surface area contributed by atoms with Crippen LogP contribution in [0.15, 0.2) is 58.7 Å². The number of benzene rings is 2. The monoisotopic (exact) mass is 379 g/mol. The molecule has 5 heteroatoms. The molecule has 1 atom stereocenters. The molecule has 0 N–H and O–H groups in total. The van der Waals surface area contributed by atoms with E-state index in [0.29, 0.717) is 11.7 Å². The van der Waals surface area contributed by atoms with E-state index < -0.39 is 0 Å². The van der Waals surface area contributed by atoms with Crippen LogP contribution in [0.5, 0.6) is 0 Å². The lowest BCUT2D eigenvalue weighted by Gasteiger charge is -2.15. The maximum absolute atomic E-state index is 12.8. The van der Waals surface area contributed by atoms with Crippen molar-refractivity contribution >= 4 is 29.1 Å². The topological polar surface area (TPSA) is 45.0 Å². The first kappa shape index (κ1) is 19.4. The highest BCUT2D eigenvalue weighted by molar-refractivity contribution is 8.15. The van der Waals surface area contributed by atoms with Crippen LogP contribution in [0.2, 0.25) is 0 Å². The van der Waals surface area contributed by atoms with Gasteiger partial charge in [0.1, 0.15) is 0 Å². The minimum Gasteiger partial charge on any atom is -0.284 e. The minimum atomic E-state index is -0.0613. The van der Waals surface area contributed by atoms with Crippen LogP contribution in [0.4, 0.5) is 0 Å². The average molecular weight is 380 g/mol. The van der Waals surface area contributed by atoms with Crippen molar-refractivity contribution in [3.63, 3.8) is 0 Å². The van der Waals surface area contributed by atoms with Crippen LogP contribution in [-0.4, -0.2) is 27.4 Å². The van der Waals surface area contributed by atoms with Gasteiger partial charge in [-0.05, 0) is 37.0 Å². The molecule has 1 aliphatic rings. The first-order chi connectivity index (χ1) is 13.1. The summed E-state index contributed by atoms with van der Waals surface area (Å²) in [4.78, 5) is 14.6. The Morgan fingerprint density at radius 2 is 1.93 bits per heavy atom. The zero-order chi connectivity index (χ0) is 19.2. The van der Waals surface area contributed by atoms with Crippen molar-refractivity contribution in [2.75, 3.05) is 0 Å². The zero-order valence-corrected chi connectivity index (χ0v) is 16.9. The number of nitrogens with zero attached hydrogens (tertiary/aromatic N) is 3. The summed E-state index contributed by atoms with van der Waals surface area (Å²) in [7, 11) is 0. The molecule has 0 unspecified atom stereocenters. The number of aryl methyl sites for hydroxylation is 2. The van der Waals surface area contributed by atoms with E-state index in [1.807, 2.05) is 36.4 Å². The normalized spacial score (nSPS) is 18.8. The molecule has 0 spiro atoms. The molecule has 2 aromatic rings. The number of carbonyl (C=O) groups is 1. The third kappa shape index (κ3) is 4.86. The van der Waals surface area contributed by atoms with Gasteiger partial charge in [-0.25, -0.2) is 0 Å². The summed E-state index contributed by atoms with van der Waals surface area (Å²) < 4.78 is 0. The number of hydrogen-bond acceptors (Lipinski definition) is 4. The Hall–Kier alpha value is -2.40. The first-order valence-electron chi connectivity index (χ1n) is 9.28. The molecule has 1 saturated heterocycles. The van der Waals surface area contributed by atoms with Crippen LogP contribution < -0.4 is 0 Å². The van der Waals surface area contributed by atoms with Crippen molar-refractivity contribution in [2.24, 2.45) is 10.2 Å². The molecule has 0 aliphatic carbocycles. The predicted octanol–water partition coefficient (Wildman–Crippen LogP) is 4.94. The second-order valence-electron chi connectivity index (χ2n) is 6.79. The minimum absolute atomic E-state index is 0.0613. The molecule has 0 bridgehead atoms. The van der Waals surface area contributed by atoms with Crippen LogP contribution in [0, 0.1) is 13.8 Å². The predicted molar refractivity (Wildman–Crippen MR) is 114 cm³/mol. The van der Waals surface area contributed by atoms with Gasteiger partial charge in [-0.15, -0.1) is 5.10 Å². The van der Waals surface area contributed by atoms with Gasteiger partial charge < -0.3 is 0 Å². The van der Waals surface area contributed by atoms with Crippen molar-refractivity contribution in [2.45, 2.75) is 45.4 Å². The van der Waals surface area contributed by atoms with Crippen molar-refractivity contribution in [1.29, 1.82) is 0 Å². The van der Waals surface area contributed by atoms with Gasteiger partial charge in [0.15, 0.2) is 5.17 Å². The number of carbonyl (C=O) groups excluding carboxylic acids is 1. The summed E-state index contributed by atoms with van der Waals surface area (Å²) in [6.07, 6.45) is 3.59. The number of amidine groups is 1. The van der Waals surface area contributed by atoms with E-state index in [1.54, 1.807) is 11.1 Å². The second-order valence-corrected chi connectivity index (χ2v) is 7.96.